The summed E-state index contributed by atoms with van der Waals surface area (Å²) in [6.07, 6.45) is 2.72. The van der Waals surface area contributed by atoms with Gasteiger partial charge in [0.2, 0.25) is 5.91 Å². The number of benzene rings is 1. The smallest absolute Gasteiger partial charge is 0.224 e. The lowest BCUT2D eigenvalue weighted by Crippen LogP contribution is -2.32. The Hall–Kier alpha value is -1.88. The van der Waals surface area contributed by atoms with E-state index in [9.17, 15) is 4.79 Å². The lowest BCUT2D eigenvalue weighted by molar-refractivity contribution is -0.120. The van der Waals surface area contributed by atoms with Gasteiger partial charge in [0.25, 0.3) is 0 Å². The van der Waals surface area contributed by atoms with E-state index in [0.29, 0.717) is 13.0 Å². The Labute approximate surface area is 117 Å². The van der Waals surface area contributed by atoms with Crippen molar-refractivity contribution in [2.45, 2.75) is 32.3 Å². The number of aromatic amines is 1. The summed E-state index contributed by atoms with van der Waals surface area (Å²) < 4.78 is 5.49. The lowest BCUT2D eigenvalue weighted by Gasteiger charge is -2.10. The summed E-state index contributed by atoms with van der Waals surface area (Å²) in [5.41, 5.74) is 2.91. The van der Waals surface area contributed by atoms with E-state index < -0.39 is 0 Å². The van der Waals surface area contributed by atoms with Gasteiger partial charge in [-0.15, -0.1) is 0 Å². The minimum absolute atomic E-state index is 0.0380. The molecule has 0 bridgehead atoms. The van der Waals surface area contributed by atoms with Crippen LogP contribution in [0.4, 0.5) is 0 Å². The topological polar surface area (TPSA) is 67.0 Å². The highest BCUT2D eigenvalue weighted by molar-refractivity contribution is 5.81. The maximum absolute atomic E-state index is 11.9. The van der Waals surface area contributed by atoms with E-state index in [4.69, 9.17) is 4.74 Å². The zero-order chi connectivity index (χ0) is 13.9. The van der Waals surface area contributed by atoms with Crippen LogP contribution in [-0.2, 0) is 16.0 Å². The fourth-order valence-electron chi connectivity index (χ4n) is 2.58. The third-order valence-electron chi connectivity index (χ3n) is 3.58. The van der Waals surface area contributed by atoms with Crippen molar-refractivity contribution >= 4 is 16.9 Å². The number of aromatic nitrogens is 2. The van der Waals surface area contributed by atoms with Crippen LogP contribution in [0.1, 0.15) is 24.2 Å². The molecule has 1 amide bonds. The highest BCUT2D eigenvalue weighted by atomic mass is 16.5. The number of hydrogen-bond acceptors (Lipinski definition) is 3. The van der Waals surface area contributed by atoms with E-state index >= 15 is 0 Å². The van der Waals surface area contributed by atoms with Crippen molar-refractivity contribution in [1.29, 1.82) is 0 Å². The van der Waals surface area contributed by atoms with Crippen molar-refractivity contribution in [2.24, 2.45) is 0 Å². The normalized spacial score (nSPS) is 18.6. The number of hydrogen-bond donors (Lipinski definition) is 2. The van der Waals surface area contributed by atoms with Gasteiger partial charge in [0.1, 0.15) is 5.82 Å². The Bertz CT molecular complexity index is 615. The van der Waals surface area contributed by atoms with E-state index in [0.717, 1.165) is 41.9 Å². The first kappa shape index (κ1) is 13.1. The number of imidazole rings is 1. The van der Waals surface area contributed by atoms with Crippen molar-refractivity contribution in [3.8, 4) is 0 Å². The van der Waals surface area contributed by atoms with Gasteiger partial charge in [-0.2, -0.15) is 0 Å². The highest BCUT2D eigenvalue weighted by Gasteiger charge is 2.16. The molecule has 1 aromatic heterocycles. The molecule has 2 heterocycles. The third kappa shape index (κ3) is 2.99. The van der Waals surface area contributed by atoms with Gasteiger partial charge >= 0.3 is 0 Å². The number of ether oxygens (including phenoxy) is 1. The molecule has 106 valence electrons. The molecule has 0 saturated carbocycles. The Morgan fingerprint density at radius 3 is 3.25 bits per heavy atom. The minimum atomic E-state index is 0.0380. The van der Waals surface area contributed by atoms with E-state index in [-0.39, 0.29) is 12.0 Å². The largest absolute Gasteiger partial charge is 0.376 e. The first-order valence-corrected chi connectivity index (χ1v) is 7.04. The predicted octanol–water partition coefficient (Wildman–Crippen LogP) is 1.71. The van der Waals surface area contributed by atoms with Crippen LogP contribution < -0.4 is 5.32 Å². The number of nitrogens with one attached hydrogen (secondary N) is 2. The zero-order valence-corrected chi connectivity index (χ0v) is 11.6. The molecule has 1 aliphatic heterocycles. The van der Waals surface area contributed by atoms with Gasteiger partial charge < -0.3 is 15.0 Å². The molecule has 1 saturated heterocycles. The number of fused-ring (bicyclic) bond motifs is 1. The number of H-pyrrole nitrogens is 1. The molecular formula is C15H19N3O2. The number of carbonyl (C=O) groups excluding carboxylic acids is 1. The summed E-state index contributed by atoms with van der Waals surface area (Å²) in [4.78, 5) is 19.5. The van der Waals surface area contributed by atoms with Crippen LogP contribution in [0.2, 0.25) is 0 Å². The molecule has 20 heavy (non-hydrogen) atoms. The molecule has 2 N–H and O–H groups in total. The molecule has 3 rings (SSSR count). The molecule has 0 spiro atoms. The average molecular weight is 273 g/mol. The summed E-state index contributed by atoms with van der Waals surface area (Å²) in [5.74, 6) is 0.927. The van der Waals surface area contributed by atoms with E-state index in [1.54, 1.807) is 0 Å². The van der Waals surface area contributed by atoms with Crippen molar-refractivity contribution in [1.82, 2.24) is 15.3 Å². The quantitative estimate of drug-likeness (QED) is 0.891. The van der Waals surface area contributed by atoms with Gasteiger partial charge in [0, 0.05) is 13.2 Å². The lowest BCUT2D eigenvalue weighted by atomic mass is 10.1. The maximum atomic E-state index is 11.9. The number of rotatable bonds is 4. The van der Waals surface area contributed by atoms with E-state index in [1.165, 1.54) is 0 Å². The van der Waals surface area contributed by atoms with Crippen LogP contribution >= 0.6 is 0 Å². The molecule has 1 unspecified atom stereocenters. The van der Waals surface area contributed by atoms with Crippen LogP contribution in [0.3, 0.4) is 0 Å². The summed E-state index contributed by atoms with van der Waals surface area (Å²) >= 11 is 0. The summed E-state index contributed by atoms with van der Waals surface area (Å²) in [6, 6.07) is 5.89. The first-order chi connectivity index (χ1) is 9.70. The monoisotopic (exact) mass is 273 g/mol. The highest BCUT2D eigenvalue weighted by Crippen LogP contribution is 2.14. The van der Waals surface area contributed by atoms with Gasteiger partial charge in [0.15, 0.2) is 0 Å². The van der Waals surface area contributed by atoms with Crippen molar-refractivity contribution in [2.75, 3.05) is 13.2 Å². The molecule has 0 aliphatic carbocycles. The number of aryl methyl sites for hydroxylation is 1. The van der Waals surface area contributed by atoms with Crippen LogP contribution in [0, 0.1) is 6.92 Å². The van der Waals surface area contributed by atoms with Crippen LogP contribution in [0.25, 0.3) is 11.0 Å². The van der Waals surface area contributed by atoms with Gasteiger partial charge in [-0.1, -0.05) is 6.07 Å². The summed E-state index contributed by atoms with van der Waals surface area (Å²) in [5, 5.41) is 2.94. The maximum Gasteiger partial charge on any atom is 0.224 e. The summed E-state index contributed by atoms with van der Waals surface area (Å²) in [7, 11) is 0. The molecule has 2 aromatic rings. The minimum Gasteiger partial charge on any atom is -0.376 e. The Balaban J connectivity index is 1.58. The predicted molar refractivity (Wildman–Crippen MR) is 76.5 cm³/mol. The van der Waals surface area contributed by atoms with Crippen LogP contribution in [0.15, 0.2) is 18.2 Å². The van der Waals surface area contributed by atoms with Crippen LogP contribution in [0.5, 0.6) is 0 Å². The van der Waals surface area contributed by atoms with Crippen LogP contribution in [-0.4, -0.2) is 35.1 Å². The second kappa shape index (κ2) is 5.63. The molecule has 1 fully saturated rings. The van der Waals surface area contributed by atoms with Gasteiger partial charge in [-0.05, 0) is 37.5 Å². The molecule has 1 atom stereocenters. The average Bonchev–Trinajstić information content (AvgIpc) is 3.04. The summed E-state index contributed by atoms with van der Waals surface area (Å²) in [6.45, 7) is 3.36. The SMILES string of the molecule is Cc1nc2ccc(CC(=O)NCC3CCCO3)cc2[nH]1. The van der Waals surface area contributed by atoms with Crippen molar-refractivity contribution in [3.05, 3.63) is 29.6 Å². The third-order valence-corrected chi connectivity index (χ3v) is 3.58. The Morgan fingerprint density at radius 1 is 1.55 bits per heavy atom. The molecule has 5 heteroatoms. The molecule has 1 aromatic carbocycles. The van der Waals surface area contributed by atoms with E-state index in [1.807, 2.05) is 25.1 Å². The number of amides is 1. The first-order valence-electron chi connectivity index (χ1n) is 7.04. The fourth-order valence-corrected chi connectivity index (χ4v) is 2.58. The van der Waals surface area contributed by atoms with Gasteiger partial charge in [-0.25, -0.2) is 4.98 Å². The fraction of sp³-hybridized carbons (Fsp3) is 0.467. The molecular weight excluding hydrogens is 254 g/mol. The molecule has 5 nitrogen and oxygen atoms in total. The number of nitrogens with zero attached hydrogens (tertiary/aromatic N) is 1. The Morgan fingerprint density at radius 2 is 2.45 bits per heavy atom. The number of carbonyl (C=O) groups is 1. The Kier molecular flexibility index (Phi) is 3.69. The van der Waals surface area contributed by atoms with Crippen molar-refractivity contribution < 1.29 is 9.53 Å². The molecule has 0 radical (unpaired) electrons. The molecule has 1 aliphatic rings. The standard InChI is InChI=1S/C15H19N3O2/c1-10-17-13-5-4-11(7-14(13)18-10)8-15(19)16-9-12-3-2-6-20-12/h4-5,7,12H,2-3,6,8-9H2,1H3,(H,16,19)(H,17,18). The van der Waals surface area contributed by atoms with Gasteiger partial charge in [0.05, 0.1) is 23.6 Å². The second-order valence-corrected chi connectivity index (χ2v) is 5.29. The van der Waals surface area contributed by atoms with E-state index in [2.05, 4.69) is 15.3 Å². The second-order valence-electron chi connectivity index (χ2n) is 5.29. The zero-order valence-electron chi connectivity index (χ0n) is 11.6. The van der Waals surface area contributed by atoms with Crippen molar-refractivity contribution in [3.63, 3.8) is 0 Å². The van der Waals surface area contributed by atoms with Gasteiger partial charge in [-0.3, -0.25) is 4.79 Å².